The maximum absolute atomic E-state index is 14.2. The Bertz CT molecular complexity index is 955. The van der Waals surface area contributed by atoms with E-state index in [9.17, 15) is 17.6 Å². The molecule has 0 unspecified atom stereocenters. The average Bonchev–Trinajstić information content (AvgIpc) is 2.44. The van der Waals surface area contributed by atoms with Gasteiger partial charge in [0.05, 0.1) is 4.90 Å². The average molecular weight is 384 g/mol. The monoisotopic (exact) mass is 383 g/mol. The van der Waals surface area contributed by atoms with Gasteiger partial charge in [0.1, 0.15) is 5.82 Å². The van der Waals surface area contributed by atoms with E-state index >= 15 is 0 Å². The van der Waals surface area contributed by atoms with Gasteiger partial charge in [-0.25, -0.2) is 17.6 Å². The molecule has 2 aromatic carbocycles. The minimum absolute atomic E-state index is 0.0139. The number of likely N-dealkylation sites (tertiary alicyclic amines) is 1. The van der Waals surface area contributed by atoms with E-state index in [0.717, 1.165) is 17.9 Å². The Labute approximate surface area is 149 Å². The molecule has 0 saturated carbocycles. The van der Waals surface area contributed by atoms with E-state index in [1.54, 1.807) is 12.1 Å². The maximum atomic E-state index is 14.2. The molecule has 0 aromatic heterocycles. The zero-order chi connectivity index (χ0) is 18.4. The highest BCUT2D eigenvalue weighted by atomic mass is 35.5. The number of sulfone groups is 1. The lowest BCUT2D eigenvalue weighted by Gasteiger charge is -2.37. The number of hydrogen-bond donors (Lipinski definition) is 1. The smallest absolute Gasteiger partial charge is 0.407 e. The number of hydrogen-bond acceptors (Lipinski definition) is 3. The molecular formula is C17H15ClFNO4S. The van der Waals surface area contributed by atoms with Crippen molar-refractivity contribution in [2.24, 2.45) is 0 Å². The first-order valence-electron chi connectivity index (χ1n) is 7.44. The zero-order valence-corrected chi connectivity index (χ0v) is 14.8. The quantitative estimate of drug-likeness (QED) is 0.878. The van der Waals surface area contributed by atoms with Gasteiger partial charge in [-0.15, -0.1) is 0 Å². The van der Waals surface area contributed by atoms with Crippen molar-refractivity contribution in [3.63, 3.8) is 0 Å². The Hall–Kier alpha value is -2.12. The summed E-state index contributed by atoms with van der Waals surface area (Å²) in [5.41, 5.74) is 1.13. The van der Waals surface area contributed by atoms with E-state index in [0.29, 0.717) is 13.1 Å². The zero-order valence-electron chi connectivity index (χ0n) is 13.2. The van der Waals surface area contributed by atoms with Crippen molar-refractivity contribution in [1.82, 2.24) is 4.90 Å². The van der Waals surface area contributed by atoms with Crippen molar-refractivity contribution in [2.75, 3.05) is 19.3 Å². The Balaban J connectivity index is 2.04. The van der Waals surface area contributed by atoms with Crippen molar-refractivity contribution in [3.05, 3.63) is 52.8 Å². The minimum atomic E-state index is -3.61. The molecule has 8 heteroatoms. The SMILES string of the molecule is CS(=O)(=O)c1cc(C2CN(C(=O)O)C2)ccc1-c1ccc(Cl)cc1F. The highest BCUT2D eigenvalue weighted by molar-refractivity contribution is 7.90. The Morgan fingerprint density at radius 3 is 2.40 bits per heavy atom. The standard InChI is InChI=1S/C17H15ClFNO4S/c1-25(23,24)16-6-10(11-8-20(9-11)17(21)22)2-4-14(16)13-5-3-12(18)7-15(13)19/h2-7,11H,8-9H2,1H3,(H,21,22). The molecule has 0 aliphatic carbocycles. The molecule has 1 aliphatic heterocycles. The number of rotatable bonds is 3. The summed E-state index contributed by atoms with van der Waals surface area (Å²) in [5.74, 6) is -0.674. The van der Waals surface area contributed by atoms with Crippen molar-refractivity contribution < 1.29 is 22.7 Å². The molecule has 1 aliphatic rings. The van der Waals surface area contributed by atoms with Gasteiger partial charge in [0.2, 0.25) is 0 Å². The van der Waals surface area contributed by atoms with Gasteiger partial charge in [-0.05, 0) is 29.8 Å². The number of nitrogens with zero attached hydrogens (tertiary/aromatic N) is 1. The van der Waals surface area contributed by atoms with Crippen LogP contribution in [0.15, 0.2) is 41.3 Å². The highest BCUT2D eigenvalue weighted by Crippen LogP contribution is 2.35. The lowest BCUT2D eigenvalue weighted by Crippen LogP contribution is -2.47. The fourth-order valence-corrected chi connectivity index (χ4v) is 3.96. The van der Waals surface area contributed by atoms with Crippen LogP contribution in [0.2, 0.25) is 5.02 Å². The maximum Gasteiger partial charge on any atom is 0.407 e. The summed E-state index contributed by atoms with van der Waals surface area (Å²) in [7, 11) is -3.61. The second-order valence-corrected chi connectivity index (χ2v) is 8.46. The van der Waals surface area contributed by atoms with Crippen LogP contribution >= 0.6 is 11.6 Å². The summed E-state index contributed by atoms with van der Waals surface area (Å²) in [5, 5.41) is 9.13. The first kappa shape index (κ1) is 17.7. The van der Waals surface area contributed by atoms with Crippen LogP contribution in [0.5, 0.6) is 0 Å². The number of carboxylic acid groups (broad SMARTS) is 1. The van der Waals surface area contributed by atoms with E-state index in [1.807, 2.05) is 0 Å². The van der Waals surface area contributed by atoms with Crippen molar-refractivity contribution in [1.29, 1.82) is 0 Å². The first-order chi connectivity index (χ1) is 11.7. The first-order valence-corrected chi connectivity index (χ1v) is 9.71. The highest BCUT2D eigenvalue weighted by Gasteiger charge is 2.32. The number of halogens is 2. The van der Waals surface area contributed by atoms with Crippen molar-refractivity contribution in [2.45, 2.75) is 10.8 Å². The summed E-state index contributed by atoms with van der Waals surface area (Å²) in [6, 6.07) is 8.84. The van der Waals surface area contributed by atoms with Gasteiger partial charge in [0.25, 0.3) is 0 Å². The summed E-state index contributed by atoms with van der Waals surface area (Å²) < 4.78 is 38.6. The van der Waals surface area contributed by atoms with E-state index in [4.69, 9.17) is 16.7 Å². The molecular weight excluding hydrogens is 369 g/mol. The van der Waals surface area contributed by atoms with Gasteiger partial charge in [-0.2, -0.15) is 0 Å². The molecule has 1 heterocycles. The molecule has 2 aromatic rings. The van der Waals surface area contributed by atoms with Crippen LogP contribution in [0.1, 0.15) is 11.5 Å². The molecule has 1 N–H and O–H groups in total. The summed E-state index contributed by atoms with van der Waals surface area (Å²) in [6.45, 7) is 0.625. The van der Waals surface area contributed by atoms with Crippen LogP contribution in [0.4, 0.5) is 9.18 Å². The van der Waals surface area contributed by atoms with Gasteiger partial charge in [0, 0.05) is 41.4 Å². The van der Waals surface area contributed by atoms with Crippen molar-refractivity contribution >= 4 is 27.5 Å². The molecule has 3 rings (SSSR count). The predicted molar refractivity (Wildman–Crippen MR) is 92.3 cm³/mol. The van der Waals surface area contributed by atoms with E-state index < -0.39 is 21.7 Å². The molecule has 5 nitrogen and oxygen atoms in total. The van der Waals surface area contributed by atoms with Crippen LogP contribution < -0.4 is 0 Å². The molecule has 25 heavy (non-hydrogen) atoms. The summed E-state index contributed by atoms with van der Waals surface area (Å²) in [6.07, 6.45) is 0.0627. The molecule has 1 amide bonds. The molecule has 132 valence electrons. The third-order valence-corrected chi connectivity index (χ3v) is 5.62. The number of benzene rings is 2. The molecule has 1 fully saturated rings. The largest absolute Gasteiger partial charge is 0.465 e. The van der Waals surface area contributed by atoms with Crippen LogP contribution in [0.3, 0.4) is 0 Å². The fourth-order valence-electron chi connectivity index (χ4n) is 2.88. The van der Waals surface area contributed by atoms with Crippen LogP contribution in [0, 0.1) is 5.82 Å². The second-order valence-electron chi connectivity index (χ2n) is 6.04. The number of carbonyl (C=O) groups is 1. The minimum Gasteiger partial charge on any atom is -0.465 e. The normalized spacial score (nSPS) is 15.1. The fraction of sp³-hybridized carbons (Fsp3) is 0.235. The van der Waals surface area contributed by atoms with Gasteiger partial charge in [-0.3, -0.25) is 0 Å². The molecule has 0 radical (unpaired) electrons. The van der Waals surface area contributed by atoms with Gasteiger partial charge >= 0.3 is 6.09 Å². The lowest BCUT2D eigenvalue weighted by molar-refractivity contribution is 0.105. The third kappa shape index (κ3) is 3.48. The predicted octanol–water partition coefficient (Wildman–Crippen LogP) is 3.63. The molecule has 1 saturated heterocycles. The molecule has 0 atom stereocenters. The molecule has 0 spiro atoms. The lowest BCUT2D eigenvalue weighted by atomic mass is 9.90. The van der Waals surface area contributed by atoms with Crippen LogP contribution in [0.25, 0.3) is 11.1 Å². The van der Waals surface area contributed by atoms with Crippen LogP contribution in [-0.4, -0.2) is 43.9 Å². The van der Waals surface area contributed by atoms with Gasteiger partial charge in [0.15, 0.2) is 9.84 Å². The topological polar surface area (TPSA) is 74.7 Å². The van der Waals surface area contributed by atoms with Crippen molar-refractivity contribution in [3.8, 4) is 11.1 Å². The Morgan fingerprint density at radius 1 is 1.20 bits per heavy atom. The summed E-state index contributed by atoms with van der Waals surface area (Å²) >= 11 is 5.76. The van der Waals surface area contributed by atoms with Gasteiger partial charge in [-0.1, -0.05) is 23.7 Å². The molecule has 0 bridgehead atoms. The Morgan fingerprint density at radius 2 is 1.84 bits per heavy atom. The third-order valence-electron chi connectivity index (χ3n) is 4.25. The number of amides is 1. The Kier molecular flexibility index (Phi) is 4.47. The van der Waals surface area contributed by atoms with Crippen LogP contribution in [-0.2, 0) is 9.84 Å². The van der Waals surface area contributed by atoms with Gasteiger partial charge < -0.3 is 10.0 Å². The summed E-state index contributed by atoms with van der Waals surface area (Å²) in [4.78, 5) is 12.1. The second kappa shape index (κ2) is 6.31. The van der Waals surface area contributed by atoms with E-state index in [-0.39, 0.29) is 27.0 Å². The van der Waals surface area contributed by atoms with E-state index in [2.05, 4.69) is 0 Å². The van der Waals surface area contributed by atoms with E-state index in [1.165, 1.54) is 23.1 Å².